The Balaban J connectivity index is 1.47. The molecule has 170 valence electrons. The predicted octanol–water partition coefficient (Wildman–Crippen LogP) is 7.51. The van der Waals surface area contributed by atoms with E-state index in [1.54, 1.807) is 17.4 Å². The number of aliphatic carboxylic acids is 1. The lowest BCUT2D eigenvalue weighted by Crippen LogP contribution is -2.18. The summed E-state index contributed by atoms with van der Waals surface area (Å²) in [6.07, 6.45) is 3.88. The van der Waals surface area contributed by atoms with Gasteiger partial charge in [-0.1, -0.05) is 47.5 Å². The van der Waals surface area contributed by atoms with E-state index in [0.717, 1.165) is 58.5 Å². The molecule has 33 heavy (non-hydrogen) atoms. The van der Waals surface area contributed by atoms with E-state index in [1.165, 1.54) is 4.70 Å². The number of carbonyl (C=O) groups is 1. The highest BCUT2D eigenvalue weighted by Crippen LogP contribution is 2.40. The van der Waals surface area contributed by atoms with Gasteiger partial charge in [0.2, 0.25) is 0 Å². The Hall–Kier alpha value is -2.41. The Labute approximate surface area is 205 Å². The third-order valence-corrected chi connectivity index (χ3v) is 8.18. The molecule has 2 heterocycles. The van der Waals surface area contributed by atoms with Crippen molar-refractivity contribution in [1.82, 2.24) is 9.97 Å². The standard InChI is InChI=1S/C25H23Cl2N3O2S/c26-18-10-7-15(11-19(18)27)13-28-24-22-17-3-1-2-4-20(17)33-25(22)30-23(29-24)16-8-5-14(6-9-16)12-21(31)32/h1-4,7,10-11,14,16H,5-6,8-9,12-13H2,(H,31,32)(H,28,29,30). The van der Waals surface area contributed by atoms with Gasteiger partial charge in [0.15, 0.2) is 0 Å². The number of thiophene rings is 1. The largest absolute Gasteiger partial charge is 0.481 e. The number of halogens is 2. The van der Waals surface area contributed by atoms with Gasteiger partial charge in [0, 0.05) is 29.0 Å². The Kier molecular flexibility index (Phi) is 6.41. The fourth-order valence-electron chi connectivity index (χ4n) is 4.66. The third kappa shape index (κ3) is 4.79. The number of hydrogen-bond donors (Lipinski definition) is 2. The van der Waals surface area contributed by atoms with E-state index in [9.17, 15) is 4.79 Å². The van der Waals surface area contributed by atoms with Gasteiger partial charge in [0.05, 0.1) is 15.4 Å². The minimum atomic E-state index is -0.713. The quantitative estimate of drug-likeness (QED) is 0.287. The molecule has 0 aliphatic heterocycles. The van der Waals surface area contributed by atoms with Gasteiger partial charge in [-0.25, -0.2) is 9.97 Å². The van der Waals surface area contributed by atoms with Crippen LogP contribution in [0.3, 0.4) is 0 Å². The van der Waals surface area contributed by atoms with Gasteiger partial charge < -0.3 is 10.4 Å². The maximum absolute atomic E-state index is 11.1. The van der Waals surface area contributed by atoms with Crippen LogP contribution in [0.1, 0.15) is 49.4 Å². The smallest absolute Gasteiger partial charge is 0.303 e. The SMILES string of the molecule is O=C(O)CC1CCC(c2nc(NCc3ccc(Cl)c(Cl)c3)c3c(n2)sc2ccccc23)CC1. The van der Waals surface area contributed by atoms with E-state index in [-0.39, 0.29) is 18.3 Å². The zero-order valence-electron chi connectivity index (χ0n) is 17.9. The Morgan fingerprint density at radius 1 is 1.06 bits per heavy atom. The number of nitrogens with one attached hydrogen (secondary N) is 1. The van der Waals surface area contributed by atoms with E-state index in [0.29, 0.717) is 16.6 Å². The minimum Gasteiger partial charge on any atom is -0.481 e. The molecule has 1 fully saturated rings. The molecule has 0 saturated heterocycles. The summed E-state index contributed by atoms with van der Waals surface area (Å²) in [4.78, 5) is 22.0. The van der Waals surface area contributed by atoms with E-state index in [1.807, 2.05) is 24.3 Å². The molecule has 0 spiro atoms. The minimum absolute atomic E-state index is 0.246. The highest BCUT2D eigenvalue weighted by Gasteiger charge is 2.27. The van der Waals surface area contributed by atoms with Crippen LogP contribution < -0.4 is 5.32 Å². The highest BCUT2D eigenvalue weighted by atomic mass is 35.5. The van der Waals surface area contributed by atoms with Crippen molar-refractivity contribution in [3.8, 4) is 0 Å². The maximum Gasteiger partial charge on any atom is 0.303 e. The van der Waals surface area contributed by atoms with Gasteiger partial charge in [0.1, 0.15) is 16.5 Å². The van der Waals surface area contributed by atoms with Crippen molar-refractivity contribution < 1.29 is 9.90 Å². The molecule has 0 unspecified atom stereocenters. The van der Waals surface area contributed by atoms with Crippen molar-refractivity contribution in [2.75, 3.05) is 5.32 Å². The van der Waals surface area contributed by atoms with Crippen LogP contribution in [0.25, 0.3) is 20.3 Å². The average Bonchev–Trinajstić information content (AvgIpc) is 3.18. The lowest BCUT2D eigenvalue weighted by Gasteiger charge is -2.27. The van der Waals surface area contributed by atoms with Crippen LogP contribution in [-0.4, -0.2) is 21.0 Å². The summed E-state index contributed by atoms with van der Waals surface area (Å²) in [6, 6.07) is 13.9. The first-order chi connectivity index (χ1) is 16.0. The van der Waals surface area contributed by atoms with E-state index in [2.05, 4.69) is 17.4 Å². The van der Waals surface area contributed by atoms with Gasteiger partial charge in [-0.05, 0) is 55.4 Å². The molecule has 2 N–H and O–H groups in total. The number of anilines is 1. The summed E-state index contributed by atoms with van der Waals surface area (Å²) in [5.41, 5.74) is 1.02. The lowest BCUT2D eigenvalue weighted by atomic mass is 9.80. The van der Waals surface area contributed by atoms with Crippen LogP contribution in [0.15, 0.2) is 42.5 Å². The summed E-state index contributed by atoms with van der Waals surface area (Å²) in [5, 5.41) is 15.9. The van der Waals surface area contributed by atoms with Crippen molar-refractivity contribution in [2.24, 2.45) is 5.92 Å². The molecule has 0 radical (unpaired) electrons. The molecule has 1 aliphatic rings. The second-order valence-electron chi connectivity index (χ2n) is 8.63. The zero-order chi connectivity index (χ0) is 22.9. The van der Waals surface area contributed by atoms with Crippen molar-refractivity contribution in [3.63, 3.8) is 0 Å². The summed E-state index contributed by atoms with van der Waals surface area (Å²) < 4.78 is 1.18. The van der Waals surface area contributed by atoms with Crippen LogP contribution in [-0.2, 0) is 11.3 Å². The average molecular weight is 500 g/mol. The fraction of sp³-hybridized carbons (Fsp3) is 0.320. The number of carboxylic acids is 1. The molecule has 2 aromatic heterocycles. The predicted molar refractivity (Wildman–Crippen MR) is 136 cm³/mol. The lowest BCUT2D eigenvalue weighted by molar-refractivity contribution is -0.138. The zero-order valence-corrected chi connectivity index (χ0v) is 20.2. The number of aromatic nitrogens is 2. The van der Waals surface area contributed by atoms with Crippen LogP contribution in [0, 0.1) is 5.92 Å². The molecule has 0 amide bonds. The summed E-state index contributed by atoms with van der Waals surface area (Å²) in [5.74, 6) is 1.45. The first-order valence-electron chi connectivity index (χ1n) is 11.1. The number of benzene rings is 2. The molecular weight excluding hydrogens is 477 g/mol. The van der Waals surface area contributed by atoms with Gasteiger partial charge >= 0.3 is 5.97 Å². The van der Waals surface area contributed by atoms with Crippen molar-refractivity contribution in [3.05, 3.63) is 63.9 Å². The van der Waals surface area contributed by atoms with E-state index < -0.39 is 5.97 Å². The first-order valence-corrected chi connectivity index (χ1v) is 12.6. The van der Waals surface area contributed by atoms with Crippen molar-refractivity contribution >= 4 is 66.6 Å². The normalized spacial score (nSPS) is 18.6. The van der Waals surface area contributed by atoms with E-state index >= 15 is 0 Å². The number of fused-ring (bicyclic) bond motifs is 3. The Bertz CT molecular complexity index is 1330. The van der Waals surface area contributed by atoms with Crippen LogP contribution in [0.5, 0.6) is 0 Å². The van der Waals surface area contributed by atoms with Gasteiger partial charge in [-0.15, -0.1) is 11.3 Å². The van der Waals surface area contributed by atoms with Gasteiger partial charge in [-0.2, -0.15) is 0 Å². The monoisotopic (exact) mass is 499 g/mol. The molecule has 0 bridgehead atoms. The third-order valence-electron chi connectivity index (χ3n) is 6.38. The van der Waals surface area contributed by atoms with Crippen LogP contribution >= 0.6 is 34.5 Å². The van der Waals surface area contributed by atoms with Crippen LogP contribution in [0.4, 0.5) is 5.82 Å². The number of nitrogens with zero attached hydrogens (tertiary/aromatic N) is 2. The molecule has 0 atom stereocenters. The highest BCUT2D eigenvalue weighted by molar-refractivity contribution is 7.25. The van der Waals surface area contributed by atoms with Gasteiger partial charge in [-0.3, -0.25) is 4.79 Å². The summed E-state index contributed by atoms with van der Waals surface area (Å²) in [6.45, 7) is 0.567. The molecule has 5 rings (SSSR count). The topological polar surface area (TPSA) is 75.1 Å². The Morgan fingerprint density at radius 2 is 1.85 bits per heavy atom. The molecule has 5 nitrogen and oxygen atoms in total. The number of rotatable bonds is 6. The molecular formula is C25H23Cl2N3O2S. The number of carboxylic acid groups (broad SMARTS) is 1. The summed E-state index contributed by atoms with van der Waals surface area (Å²) >= 11 is 13.9. The number of hydrogen-bond acceptors (Lipinski definition) is 5. The second-order valence-corrected chi connectivity index (χ2v) is 10.5. The van der Waals surface area contributed by atoms with Crippen molar-refractivity contribution in [2.45, 2.75) is 44.6 Å². The Morgan fingerprint density at radius 3 is 2.61 bits per heavy atom. The molecule has 8 heteroatoms. The molecule has 2 aromatic carbocycles. The van der Waals surface area contributed by atoms with Gasteiger partial charge in [0.25, 0.3) is 0 Å². The molecule has 1 saturated carbocycles. The molecule has 1 aliphatic carbocycles. The molecule has 4 aromatic rings. The first kappa shape index (κ1) is 22.4. The van der Waals surface area contributed by atoms with Crippen LogP contribution in [0.2, 0.25) is 10.0 Å². The second kappa shape index (κ2) is 9.45. The van der Waals surface area contributed by atoms with Crippen molar-refractivity contribution in [1.29, 1.82) is 0 Å². The maximum atomic E-state index is 11.1. The fourth-order valence-corrected chi connectivity index (χ4v) is 6.06. The summed E-state index contributed by atoms with van der Waals surface area (Å²) in [7, 11) is 0. The van der Waals surface area contributed by atoms with E-state index in [4.69, 9.17) is 38.3 Å².